The third-order valence-corrected chi connectivity index (χ3v) is 2.01. The predicted octanol–water partition coefficient (Wildman–Crippen LogP) is 2.73. The fraction of sp³-hybridized carbons (Fsp3) is 0.750. The summed E-state index contributed by atoms with van der Waals surface area (Å²) in [6.45, 7) is 4.21. The van der Waals surface area contributed by atoms with Crippen LogP contribution in [0.5, 0.6) is 0 Å². The average molecular weight is 254 g/mol. The van der Waals surface area contributed by atoms with Crippen molar-refractivity contribution in [2.75, 3.05) is 0 Å². The molecule has 0 aromatic rings. The lowest BCUT2D eigenvalue weighted by Crippen LogP contribution is -2.13. The molecule has 0 heterocycles. The van der Waals surface area contributed by atoms with E-state index in [0.29, 0.717) is 5.92 Å². The van der Waals surface area contributed by atoms with E-state index in [1.54, 1.807) is 0 Å². The van der Waals surface area contributed by atoms with Gasteiger partial charge in [-0.3, -0.25) is 0 Å². The highest BCUT2D eigenvalue weighted by atomic mass is 127. The number of aliphatic hydroxyl groups excluding tert-OH is 1. The molecule has 0 aromatic carbocycles. The topological polar surface area (TPSA) is 20.2 Å². The van der Waals surface area contributed by atoms with Gasteiger partial charge < -0.3 is 5.11 Å². The van der Waals surface area contributed by atoms with E-state index in [4.69, 9.17) is 0 Å². The summed E-state index contributed by atoms with van der Waals surface area (Å²) in [6.07, 6.45) is 3.83. The molecule has 2 atom stereocenters. The lowest BCUT2D eigenvalue weighted by atomic mass is 10.00. The van der Waals surface area contributed by atoms with E-state index in [2.05, 4.69) is 36.4 Å². The normalized spacial score (nSPS) is 17.6. The molecule has 0 amide bonds. The summed E-state index contributed by atoms with van der Waals surface area (Å²) in [6, 6.07) is 0. The molecule has 0 aromatic heterocycles. The van der Waals surface area contributed by atoms with Crippen molar-refractivity contribution in [3.05, 3.63) is 10.2 Å². The molecule has 0 rings (SSSR count). The average Bonchev–Trinajstić information content (AvgIpc) is 1.89. The minimum Gasteiger partial charge on any atom is -0.389 e. The van der Waals surface area contributed by atoms with Crippen LogP contribution in [0, 0.1) is 5.92 Å². The number of hydrogen-bond donors (Lipinski definition) is 1. The highest BCUT2D eigenvalue weighted by Crippen LogP contribution is 2.11. The van der Waals surface area contributed by atoms with Gasteiger partial charge in [0, 0.05) is 0 Å². The highest BCUT2D eigenvalue weighted by Gasteiger charge is 2.08. The van der Waals surface area contributed by atoms with Crippen LogP contribution >= 0.6 is 22.6 Å². The van der Waals surface area contributed by atoms with Crippen LogP contribution in [0.15, 0.2) is 10.2 Å². The molecule has 60 valence electrons. The van der Waals surface area contributed by atoms with Crippen LogP contribution in [0.25, 0.3) is 0 Å². The van der Waals surface area contributed by atoms with Crippen molar-refractivity contribution in [1.82, 2.24) is 0 Å². The Kier molecular flexibility index (Phi) is 6.43. The Balaban J connectivity index is 3.58. The maximum atomic E-state index is 9.36. The Hall–Kier alpha value is 0.430. The standard InChI is InChI=1S/C8H15IO/c1-3-4-7(2)8(10)5-6-9/h5-8,10H,3-4H2,1-2H3/b6-5+. The van der Waals surface area contributed by atoms with E-state index in [1.807, 2.05) is 10.2 Å². The van der Waals surface area contributed by atoms with Gasteiger partial charge >= 0.3 is 0 Å². The van der Waals surface area contributed by atoms with Gasteiger partial charge in [0.1, 0.15) is 0 Å². The Morgan fingerprint density at radius 2 is 2.20 bits per heavy atom. The number of hydrogen-bond acceptors (Lipinski definition) is 1. The summed E-state index contributed by atoms with van der Waals surface area (Å²) in [5.41, 5.74) is 0. The molecule has 0 saturated carbocycles. The first kappa shape index (κ1) is 10.4. The van der Waals surface area contributed by atoms with Crippen molar-refractivity contribution in [2.24, 2.45) is 5.92 Å². The second-order valence-electron chi connectivity index (χ2n) is 2.57. The maximum Gasteiger partial charge on any atom is 0.0753 e. The third-order valence-electron chi connectivity index (χ3n) is 1.60. The van der Waals surface area contributed by atoms with Gasteiger partial charge in [-0.2, -0.15) is 0 Å². The summed E-state index contributed by atoms with van der Waals surface area (Å²) >= 11 is 2.12. The van der Waals surface area contributed by atoms with Gasteiger partial charge in [-0.1, -0.05) is 42.9 Å². The Bertz CT molecular complexity index is 101. The van der Waals surface area contributed by atoms with Gasteiger partial charge in [-0.15, -0.1) is 0 Å². The highest BCUT2D eigenvalue weighted by molar-refractivity contribution is 14.1. The van der Waals surface area contributed by atoms with E-state index in [9.17, 15) is 5.11 Å². The monoisotopic (exact) mass is 254 g/mol. The number of halogens is 1. The molecule has 0 radical (unpaired) electrons. The van der Waals surface area contributed by atoms with E-state index in [1.165, 1.54) is 0 Å². The zero-order valence-corrected chi connectivity index (χ0v) is 8.71. The quantitative estimate of drug-likeness (QED) is 0.765. The largest absolute Gasteiger partial charge is 0.389 e. The van der Waals surface area contributed by atoms with Crippen molar-refractivity contribution in [2.45, 2.75) is 32.8 Å². The van der Waals surface area contributed by atoms with Gasteiger partial charge in [-0.25, -0.2) is 0 Å². The first-order valence-corrected chi connectivity index (χ1v) is 4.91. The van der Waals surface area contributed by atoms with Gasteiger partial charge in [0.2, 0.25) is 0 Å². The molecular formula is C8H15IO. The lowest BCUT2D eigenvalue weighted by molar-refractivity contribution is 0.156. The van der Waals surface area contributed by atoms with Crippen molar-refractivity contribution >= 4 is 22.6 Å². The van der Waals surface area contributed by atoms with Crippen LogP contribution in [0.1, 0.15) is 26.7 Å². The summed E-state index contributed by atoms with van der Waals surface area (Å²) in [5, 5.41) is 9.36. The summed E-state index contributed by atoms with van der Waals surface area (Å²) in [7, 11) is 0. The van der Waals surface area contributed by atoms with Crippen LogP contribution in [-0.4, -0.2) is 11.2 Å². The molecule has 0 aliphatic carbocycles. The summed E-state index contributed by atoms with van der Waals surface area (Å²) in [5.74, 6) is 0.399. The lowest BCUT2D eigenvalue weighted by Gasteiger charge is -2.13. The molecular weight excluding hydrogens is 239 g/mol. The molecule has 1 nitrogen and oxygen atoms in total. The molecule has 0 bridgehead atoms. The first-order chi connectivity index (χ1) is 4.72. The molecule has 0 aliphatic rings. The van der Waals surface area contributed by atoms with Gasteiger partial charge in [0.25, 0.3) is 0 Å². The molecule has 2 heteroatoms. The molecule has 2 unspecified atom stereocenters. The Labute approximate surface area is 76.7 Å². The van der Waals surface area contributed by atoms with Crippen LogP contribution in [0.3, 0.4) is 0 Å². The Morgan fingerprint density at radius 1 is 1.60 bits per heavy atom. The predicted molar refractivity (Wildman–Crippen MR) is 53.2 cm³/mol. The van der Waals surface area contributed by atoms with Gasteiger partial charge in [0.15, 0.2) is 0 Å². The van der Waals surface area contributed by atoms with E-state index < -0.39 is 0 Å². The van der Waals surface area contributed by atoms with E-state index >= 15 is 0 Å². The Morgan fingerprint density at radius 3 is 2.60 bits per heavy atom. The van der Waals surface area contributed by atoms with Crippen LogP contribution < -0.4 is 0 Å². The summed E-state index contributed by atoms with van der Waals surface area (Å²) in [4.78, 5) is 0. The zero-order chi connectivity index (χ0) is 7.98. The second kappa shape index (κ2) is 6.16. The fourth-order valence-corrected chi connectivity index (χ4v) is 1.32. The van der Waals surface area contributed by atoms with Crippen LogP contribution in [0.4, 0.5) is 0 Å². The molecule has 0 aliphatic heterocycles. The van der Waals surface area contributed by atoms with E-state index in [-0.39, 0.29) is 6.10 Å². The first-order valence-electron chi connectivity index (χ1n) is 3.67. The van der Waals surface area contributed by atoms with Crippen LogP contribution in [-0.2, 0) is 0 Å². The maximum absolute atomic E-state index is 9.36. The summed E-state index contributed by atoms with van der Waals surface area (Å²) < 4.78 is 1.87. The van der Waals surface area contributed by atoms with Crippen molar-refractivity contribution in [1.29, 1.82) is 0 Å². The van der Waals surface area contributed by atoms with E-state index in [0.717, 1.165) is 12.8 Å². The van der Waals surface area contributed by atoms with Crippen molar-refractivity contribution in [3.8, 4) is 0 Å². The van der Waals surface area contributed by atoms with Gasteiger partial charge in [0.05, 0.1) is 6.10 Å². The number of rotatable bonds is 4. The molecule has 0 spiro atoms. The second-order valence-corrected chi connectivity index (χ2v) is 3.29. The SMILES string of the molecule is CCCC(C)C(O)/C=C/I. The molecule has 1 N–H and O–H groups in total. The number of aliphatic hydroxyl groups is 1. The molecule has 0 fully saturated rings. The van der Waals surface area contributed by atoms with Crippen molar-refractivity contribution in [3.63, 3.8) is 0 Å². The molecule has 10 heavy (non-hydrogen) atoms. The minimum atomic E-state index is -0.253. The van der Waals surface area contributed by atoms with Crippen LogP contribution in [0.2, 0.25) is 0 Å². The fourth-order valence-electron chi connectivity index (χ4n) is 0.890. The third kappa shape index (κ3) is 4.28. The zero-order valence-electron chi connectivity index (χ0n) is 6.55. The van der Waals surface area contributed by atoms with Gasteiger partial charge in [-0.05, 0) is 22.5 Å². The smallest absolute Gasteiger partial charge is 0.0753 e. The molecule has 0 saturated heterocycles. The minimum absolute atomic E-state index is 0.253. The van der Waals surface area contributed by atoms with Crippen molar-refractivity contribution < 1.29 is 5.11 Å².